The highest BCUT2D eigenvalue weighted by Crippen LogP contribution is 2.28. The minimum absolute atomic E-state index is 0.148. The van der Waals surface area contributed by atoms with Gasteiger partial charge in [-0.3, -0.25) is 5.84 Å². The number of aryl methyl sites for hydroxylation is 1. The first-order valence-corrected chi connectivity index (χ1v) is 6.81. The zero-order chi connectivity index (χ0) is 14.7. The van der Waals surface area contributed by atoms with E-state index in [2.05, 4.69) is 48.5 Å². The van der Waals surface area contributed by atoms with Crippen LogP contribution in [0.15, 0.2) is 36.5 Å². The van der Waals surface area contributed by atoms with Crippen LogP contribution >= 0.6 is 0 Å². The Labute approximate surface area is 120 Å². The minimum Gasteiger partial charge on any atom is -0.383 e. The lowest BCUT2D eigenvalue weighted by atomic mass is 9.94. The van der Waals surface area contributed by atoms with E-state index < -0.39 is 0 Å². The average molecular weight is 270 g/mol. The Hall–Kier alpha value is -1.91. The molecule has 0 aliphatic carbocycles. The van der Waals surface area contributed by atoms with E-state index in [9.17, 15) is 0 Å². The van der Waals surface area contributed by atoms with E-state index in [1.165, 1.54) is 5.56 Å². The summed E-state index contributed by atoms with van der Waals surface area (Å²) >= 11 is 0. The first-order valence-electron chi connectivity index (χ1n) is 6.81. The van der Waals surface area contributed by atoms with E-state index >= 15 is 0 Å². The number of pyridine rings is 1. The number of hydrazine groups is 1. The van der Waals surface area contributed by atoms with Gasteiger partial charge in [0.2, 0.25) is 0 Å². The SMILES string of the molecule is Cc1ccnc(N)c1C(NN)c1ccc(C(C)C)cc1. The number of anilines is 1. The second-order valence-electron chi connectivity index (χ2n) is 5.35. The first kappa shape index (κ1) is 14.5. The van der Waals surface area contributed by atoms with Crippen LogP contribution in [-0.4, -0.2) is 4.98 Å². The number of rotatable bonds is 4. The summed E-state index contributed by atoms with van der Waals surface area (Å²) in [5.74, 6) is 6.77. The average Bonchev–Trinajstić information content (AvgIpc) is 2.43. The number of hydrogen-bond acceptors (Lipinski definition) is 4. The molecule has 1 unspecified atom stereocenters. The molecule has 106 valence electrons. The molecule has 1 aromatic carbocycles. The zero-order valence-corrected chi connectivity index (χ0v) is 12.2. The molecule has 0 saturated carbocycles. The highest BCUT2D eigenvalue weighted by atomic mass is 15.2. The van der Waals surface area contributed by atoms with E-state index in [0.29, 0.717) is 11.7 Å². The van der Waals surface area contributed by atoms with Gasteiger partial charge in [-0.2, -0.15) is 0 Å². The fourth-order valence-corrected chi connectivity index (χ4v) is 2.39. The zero-order valence-electron chi connectivity index (χ0n) is 12.2. The molecule has 0 amide bonds. The van der Waals surface area contributed by atoms with Gasteiger partial charge in [0, 0.05) is 11.8 Å². The highest BCUT2D eigenvalue weighted by molar-refractivity contribution is 5.50. The molecule has 0 bridgehead atoms. The fourth-order valence-electron chi connectivity index (χ4n) is 2.39. The first-order chi connectivity index (χ1) is 9.54. The van der Waals surface area contributed by atoms with Crippen LogP contribution in [0.1, 0.15) is 48.1 Å². The Kier molecular flexibility index (Phi) is 4.37. The highest BCUT2D eigenvalue weighted by Gasteiger charge is 2.18. The maximum atomic E-state index is 6.01. The number of aromatic nitrogens is 1. The van der Waals surface area contributed by atoms with Crippen LogP contribution in [0.5, 0.6) is 0 Å². The summed E-state index contributed by atoms with van der Waals surface area (Å²) < 4.78 is 0. The molecule has 0 saturated heterocycles. The Bertz CT molecular complexity index is 555. The standard InChI is InChI=1S/C16H22N4/c1-10(2)12-4-6-13(7-5-12)15(20-18)14-11(3)8-9-19-16(14)17/h4-10,15,20H,18H2,1-3H3,(H2,17,19). The quantitative estimate of drug-likeness (QED) is 0.589. The van der Waals surface area contributed by atoms with Gasteiger partial charge in [-0.25, -0.2) is 10.4 Å². The molecule has 0 radical (unpaired) electrons. The molecule has 1 atom stereocenters. The molecule has 0 aliphatic heterocycles. The van der Waals surface area contributed by atoms with Gasteiger partial charge in [-0.15, -0.1) is 0 Å². The van der Waals surface area contributed by atoms with Crippen LogP contribution in [-0.2, 0) is 0 Å². The number of nitrogen functional groups attached to an aromatic ring is 1. The summed E-state index contributed by atoms with van der Waals surface area (Å²) in [6, 6.07) is 10.2. The summed E-state index contributed by atoms with van der Waals surface area (Å²) in [5, 5.41) is 0. The number of nitrogens with two attached hydrogens (primary N) is 2. The van der Waals surface area contributed by atoms with Crippen molar-refractivity contribution in [1.29, 1.82) is 0 Å². The molecule has 4 nitrogen and oxygen atoms in total. The van der Waals surface area contributed by atoms with Gasteiger partial charge in [0.25, 0.3) is 0 Å². The Morgan fingerprint density at radius 3 is 2.15 bits per heavy atom. The van der Waals surface area contributed by atoms with Gasteiger partial charge in [-0.1, -0.05) is 38.1 Å². The van der Waals surface area contributed by atoms with E-state index in [1.807, 2.05) is 13.0 Å². The van der Waals surface area contributed by atoms with Crippen LogP contribution in [0.2, 0.25) is 0 Å². The van der Waals surface area contributed by atoms with Crippen molar-refractivity contribution in [3.63, 3.8) is 0 Å². The Balaban J connectivity index is 2.42. The van der Waals surface area contributed by atoms with E-state index in [-0.39, 0.29) is 6.04 Å². The van der Waals surface area contributed by atoms with Crippen molar-refractivity contribution in [2.24, 2.45) is 5.84 Å². The van der Waals surface area contributed by atoms with E-state index in [0.717, 1.165) is 16.7 Å². The summed E-state index contributed by atoms with van der Waals surface area (Å²) in [6.07, 6.45) is 1.71. The van der Waals surface area contributed by atoms with Gasteiger partial charge in [0.15, 0.2) is 0 Å². The molecule has 1 heterocycles. The smallest absolute Gasteiger partial charge is 0.128 e. The predicted octanol–water partition coefficient (Wildman–Crippen LogP) is 2.65. The third kappa shape index (κ3) is 2.81. The van der Waals surface area contributed by atoms with E-state index in [4.69, 9.17) is 11.6 Å². The third-order valence-corrected chi connectivity index (χ3v) is 3.63. The molecule has 4 heteroatoms. The summed E-state index contributed by atoms with van der Waals surface area (Å²) in [7, 11) is 0. The normalized spacial score (nSPS) is 12.7. The lowest BCUT2D eigenvalue weighted by molar-refractivity contribution is 0.633. The van der Waals surface area contributed by atoms with Crippen LogP contribution < -0.4 is 17.0 Å². The largest absolute Gasteiger partial charge is 0.383 e. The molecular formula is C16H22N4. The third-order valence-electron chi connectivity index (χ3n) is 3.63. The molecule has 2 rings (SSSR count). The van der Waals surface area contributed by atoms with Gasteiger partial charge in [-0.05, 0) is 35.6 Å². The predicted molar refractivity (Wildman–Crippen MR) is 83.1 cm³/mol. The summed E-state index contributed by atoms with van der Waals surface area (Å²) in [4.78, 5) is 4.16. The maximum absolute atomic E-state index is 6.01. The maximum Gasteiger partial charge on any atom is 0.128 e. The van der Waals surface area contributed by atoms with Crippen molar-refractivity contribution in [3.8, 4) is 0 Å². The van der Waals surface area contributed by atoms with Crippen LogP contribution in [0.4, 0.5) is 5.82 Å². The van der Waals surface area contributed by atoms with Gasteiger partial charge in [0.05, 0.1) is 6.04 Å². The molecule has 1 aromatic heterocycles. The van der Waals surface area contributed by atoms with Gasteiger partial charge in [0.1, 0.15) is 5.82 Å². The van der Waals surface area contributed by atoms with E-state index in [1.54, 1.807) is 6.20 Å². The van der Waals surface area contributed by atoms with Crippen molar-refractivity contribution in [2.75, 3.05) is 5.73 Å². The number of benzene rings is 1. The monoisotopic (exact) mass is 270 g/mol. The van der Waals surface area contributed by atoms with Crippen molar-refractivity contribution in [2.45, 2.75) is 32.7 Å². The van der Waals surface area contributed by atoms with Crippen molar-refractivity contribution < 1.29 is 0 Å². The number of nitrogens with one attached hydrogen (secondary N) is 1. The van der Waals surface area contributed by atoms with Crippen molar-refractivity contribution >= 4 is 5.82 Å². The lowest BCUT2D eigenvalue weighted by Crippen LogP contribution is -2.30. The molecule has 2 aromatic rings. The van der Waals surface area contributed by atoms with Crippen molar-refractivity contribution in [1.82, 2.24) is 10.4 Å². The molecule has 5 N–H and O–H groups in total. The van der Waals surface area contributed by atoms with Gasteiger partial charge < -0.3 is 5.73 Å². The minimum atomic E-state index is -0.148. The summed E-state index contributed by atoms with van der Waals surface area (Å²) in [6.45, 7) is 6.37. The van der Waals surface area contributed by atoms with Crippen LogP contribution in [0.25, 0.3) is 0 Å². The molecule has 0 spiro atoms. The molecule has 0 fully saturated rings. The van der Waals surface area contributed by atoms with Crippen LogP contribution in [0, 0.1) is 6.92 Å². The molecule has 0 aliphatic rings. The van der Waals surface area contributed by atoms with Crippen LogP contribution in [0.3, 0.4) is 0 Å². The molecular weight excluding hydrogens is 248 g/mol. The fraction of sp³-hybridized carbons (Fsp3) is 0.312. The lowest BCUT2D eigenvalue weighted by Gasteiger charge is -2.20. The number of hydrogen-bond donors (Lipinski definition) is 3. The number of nitrogens with zero attached hydrogens (tertiary/aromatic N) is 1. The Morgan fingerprint density at radius 1 is 1.05 bits per heavy atom. The van der Waals surface area contributed by atoms with Gasteiger partial charge >= 0.3 is 0 Å². The van der Waals surface area contributed by atoms with Crippen molar-refractivity contribution in [3.05, 3.63) is 58.8 Å². The summed E-state index contributed by atoms with van der Waals surface area (Å²) in [5.41, 5.74) is 13.3. The Morgan fingerprint density at radius 2 is 1.65 bits per heavy atom. The topological polar surface area (TPSA) is 77.0 Å². The second-order valence-corrected chi connectivity index (χ2v) is 5.35. The molecule has 20 heavy (non-hydrogen) atoms. The second kappa shape index (κ2) is 6.03.